The summed E-state index contributed by atoms with van der Waals surface area (Å²) in [5.74, 6) is 1.36. The first-order valence-electron chi connectivity index (χ1n) is 6.90. The van der Waals surface area contributed by atoms with Crippen LogP contribution in [-0.2, 0) is 0 Å². The van der Waals surface area contributed by atoms with Gasteiger partial charge in [0.25, 0.3) is 0 Å². The fraction of sp³-hybridized carbons (Fsp3) is 0.714. The van der Waals surface area contributed by atoms with Crippen LogP contribution in [-0.4, -0.2) is 54.1 Å². The molecule has 2 aliphatic rings. The summed E-state index contributed by atoms with van der Waals surface area (Å²) in [6.07, 6.45) is 8.34. The summed E-state index contributed by atoms with van der Waals surface area (Å²) < 4.78 is 0. The van der Waals surface area contributed by atoms with Crippen LogP contribution >= 0.6 is 0 Å². The van der Waals surface area contributed by atoms with Crippen molar-refractivity contribution in [2.24, 2.45) is 5.92 Å². The molecule has 3 atom stereocenters. The zero-order valence-electron chi connectivity index (χ0n) is 11.4. The highest BCUT2D eigenvalue weighted by atomic mass is 15.3. The van der Waals surface area contributed by atoms with E-state index in [-0.39, 0.29) is 0 Å². The number of hydrogen-bond donors (Lipinski definition) is 2. The molecular weight excluding hydrogens is 224 g/mol. The van der Waals surface area contributed by atoms with Gasteiger partial charge in [-0.2, -0.15) is 0 Å². The normalized spacial score (nSPS) is 30.6. The SMILES string of the molecule is CCCN(C)C1CC2CC2N(C(=N)/C=C\C=N)C1. The van der Waals surface area contributed by atoms with Gasteiger partial charge in [-0.3, -0.25) is 5.41 Å². The highest BCUT2D eigenvalue weighted by Crippen LogP contribution is 2.44. The third kappa shape index (κ3) is 2.80. The molecule has 0 aromatic heterocycles. The third-order valence-corrected chi connectivity index (χ3v) is 4.13. The van der Waals surface area contributed by atoms with Crippen LogP contribution in [0.2, 0.25) is 0 Å². The van der Waals surface area contributed by atoms with Gasteiger partial charge < -0.3 is 15.2 Å². The van der Waals surface area contributed by atoms with E-state index in [0.29, 0.717) is 17.9 Å². The summed E-state index contributed by atoms with van der Waals surface area (Å²) in [5, 5.41) is 15.1. The van der Waals surface area contributed by atoms with Crippen LogP contribution in [0.15, 0.2) is 12.2 Å². The Bertz CT molecular complexity index is 350. The molecule has 100 valence electrons. The van der Waals surface area contributed by atoms with Gasteiger partial charge in [-0.25, -0.2) is 0 Å². The van der Waals surface area contributed by atoms with Crippen molar-refractivity contribution in [3.63, 3.8) is 0 Å². The number of nitrogens with zero attached hydrogens (tertiary/aromatic N) is 2. The number of allylic oxidation sites excluding steroid dienone is 1. The van der Waals surface area contributed by atoms with Crippen molar-refractivity contribution < 1.29 is 0 Å². The second-order valence-corrected chi connectivity index (χ2v) is 5.50. The molecule has 1 heterocycles. The van der Waals surface area contributed by atoms with Gasteiger partial charge in [0.15, 0.2) is 0 Å². The van der Waals surface area contributed by atoms with E-state index in [2.05, 4.69) is 23.8 Å². The second kappa shape index (κ2) is 5.65. The lowest BCUT2D eigenvalue weighted by molar-refractivity contribution is 0.153. The molecule has 0 radical (unpaired) electrons. The summed E-state index contributed by atoms with van der Waals surface area (Å²) in [5.41, 5.74) is 0. The number of rotatable bonds is 5. The predicted molar refractivity (Wildman–Crippen MR) is 75.6 cm³/mol. The summed E-state index contributed by atoms with van der Waals surface area (Å²) in [7, 11) is 2.20. The molecule has 4 heteroatoms. The van der Waals surface area contributed by atoms with Crippen LogP contribution in [0.25, 0.3) is 0 Å². The molecule has 0 bridgehead atoms. The molecule has 0 spiro atoms. The Hall–Kier alpha value is -1.16. The maximum atomic E-state index is 8.09. The Balaban J connectivity index is 1.97. The molecule has 2 fully saturated rings. The first-order chi connectivity index (χ1) is 8.67. The Morgan fingerprint density at radius 2 is 2.22 bits per heavy atom. The molecule has 0 aromatic carbocycles. The van der Waals surface area contributed by atoms with Crippen molar-refractivity contribution in [1.29, 1.82) is 10.8 Å². The number of hydrogen-bond acceptors (Lipinski definition) is 3. The highest BCUT2D eigenvalue weighted by Gasteiger charge is 2.48. The Kier molecular flexibility index (Phi) is 4.17. The number of fused-ring (bicyclic) bond motifs is 1. The van der Waals surface area contributed by atoms with E-state index in [0.717, 1.165) is 19.0 Å². The van der Waals surface area contributed by atoms with Crippen LogP contribution in [0.1, 0.15) is 26.2 Å². The molecular formula is C14H24N4. The molecule has 2 N–H and O–H groups in total. The molecule has 18 heavy (non-hydrogen) atoms. The molecule has 0 aromatic rings. The molecule has 1 aliphatic carbocycles. The smallest absolute Gasteiger partial charge is 0.120 e. The van der Waals surface area contributed by atoms with Gasteiger partial charge in [0.1, 0.15) is 5.84 Å². The first kappa shape index (κ1) is 13.3. The van der Waals surface area contributed by atoms with Gasteiger partial charge >= 0.3 is 0 Å². The van der Waals surface area contributed by atoms with Gasteiger partial charge in [0.2, 0.25) is 0 Å². The molecule has 0 amide bonds. The minimum absolute atomic E-state index is 0.570. The van der Waals surface area contributed by atoms with Gasteiger partial charge in [-0.05, 0) is 50.9 Å². The van der Waals surface area contributed by atoms with E-state index < -0.39 is 0 Å². The fourth-order valence-electron chi connectivity index (χ4n) is 3.02. The number of amidine groups is 1. The van der Waals surface area contributed by atoms with Gasteiger partial charge in [-0.15, -0.1) is 0 Å². The van der Waals surface area contributed by atoms with E-state index in [1.165, 1.54) is 25.5 Å². The van der Waals surface area contributed by atoms with Crippen molar-refractivity contribution in [2.45, 2.75) is 38.3 Å². The Morgan fingerprint density at radius 1 is 1.44 bits per heavy atom. The van der Waals surface area contributed by atoms with Crippen molar-refractivity contribution in [3.8, 4) is 0 Å². The number of likely N-dealkylation sites (tertiary alicyclic amines) is 1. The zero-order chi connectivity index (χ0) is 13.1. The fourth-order valence-corrected chi connectivity index (χ4v) is 3.02. The summed E-state index contributed by atoms with van der Waals surface area (Å²) >= 11 is 0. The first-order valence-corrected chi connectivity index (χ1v) is 6.90. The molecule has 1 aliphatic heterocycles. The van der Waals surface area contributed by atoms with Crippen LogP contribution < -0.4 is 0 Å². The minimum atomic E-state index is 0.570. The van der Waals surface area contributed by atoms with E-state index in [1.807, 2.05) is 0 Å². The van der Waals surface area contributed by atoms with E-state index in [1.54, 1.807) is 12.2 Å². The van der Waals surface area contributed by atoms with Crippen LogP contribution in [0.4, 0.5) is 0 Å². The molecule has 3 unspecified atom stereocenters. The maximum Gasteiger partial charge on any atom is 0.120 e. The molecule has 1 saturated carbocycles. The van der Waals surface area contributed by atoms with Gasteiger partial charge in [0.05, 0.1) is 0 Å². The lowest BCUT2D eigenvalue weighted by Crippen LogP contribution is -2.49. The second-order valence-electron chi connectivity index (χ2n) is 5.50. The van der Waals surface area contributed by atoms with Crippen molar-refractivity contribution in [3.05, 3.63) is 12.2 Å². The van der Waals surface area contributed by atoms with Gasteiger partial charge in [0, 0.05) is 24.8 Å². The van der Waals surface area contributed by atoms with E-state index in [9.17, 15) is 0 Å². The molecule has 2 rings (SSSR count). The van der Waals surface area contributed by atoms with Crippen molar-refractivity contribution >= 4 is 12.1 Å². The standard InChI is InChI=1S/C14H24N4/c1-3-7-17(2)12-8-11-9-13(11)18(10-12)14(16)5-4-6-15/h4-6,11-13,15-16H,3,7-10H2,1-2H3/b5-4-,15-6?,16-14?. The summed E-state index contributed by atoms with van der Waals surface area (Å²) in [4.78, 5) is 4.67. The largest absolute Gasteiger partial charge is 0.352 e. The van der Waals surface area contributed by atoms with Crippen molar-refractivity contribution in [1.82, 2.24) is 9.80 Å². The molecule has 1 saturated heterocycles. The topological polar surface area (TPSA) is 54.2 Å². The van der Waals surface area contributed by atoms with Crippen LogP contribution in [0, 0.1) is 16.7 Å². The molecule has 4 nitrogen and oxygen atoms in total. The lowest BCUT2D eigenvalue weighted by atomic mass is 10.0. The van der Waals surface area contributed by atoms with E-state index >= 15 is 0 Å². The number of piperidine rings is 1. The maximum absolute atomic E-state index is 8.09. The highest BCUT2D eigenvalue weighted by molar-refractivity contribution is 5.94. The zero-order valence-corrected chi connectivity index (χ0v) is 11.4. The van der Waals surface area contributed by atoms with Crippen LogP contribution in [0.3, 0.4) is 0 Å². The number of nitrogens with one attached hydrogen (secondary N) is 2. The Morgan fingerprint density at radius 3 is 2.89 bits per heavy atom. The van der Waals surface area contributed by atoms with Gasteiger partial charge in [-0.1, -0.05) is 6.92 Å². The van der Waals surface area contributed by atoms with Crippen molar-refractivity contribution in [2.75, 3.05) is 20.1 Å². The quantitative estimate of drug-likeness (QED) is 0.577. The third-order valence-electron chi connectivity index (χ3n) is 4.13. The van der Waals surface area contributed by atoms with E-state index in [4.69, 9.17) is 10.8 Å². The summed E-state index contributed by atoms with van der Waals surface area (Å²) in [6, 6.07) is 1.18. The summed E-state index contributed by atoms with van der Waals surface area (Å²) in [6.45, 7) is 4.32. The average molecular weight is 248 g/mol. The number of likely N-dealkylation sites (N-methyl/N-ethyl adjacent to an activating group) is 1. The monoisotopic (exact) mass is 248 g/mol. The average Bonchev–Trinajstić information content (AvgIpc) is 3.14. The predicted octanol–water partition coefficient (Wildman–Crippen LogP) is 1.97. The lowest BCUT2D eigenvalue weighted by Gasteiger charge is -2.38. The Labute approximate surface area is 110 Å². The van der Waals surface area contributed by atoms with Crippen LogP contribution in [0.5, 0.6) is 0 Å². The minimum Gasteiger partial charge on any atom is -0.352 e.